The molecule has 2 fully saturated rings. The number of hydrogen-bond donors (Lipinski definition) is 1. The lowest BCUT2D eigenvalue weighted by Crippen LogP contribution is -2.45. The van der Waals surface area contributed by atoms with Crippen LogP contribution in [0.15, 0.2) is 0 Å². The van der Waals surface area contributed by atoms with Gasteiger partial charge in [-0.2, -0.15) is 0 Å². The number of hydrogen-bond acceptors (Lipinski definition) is 3. The van der Waals surface area contributed by atoms with Gasteiger partial charge in [0.05, 0.1) is 11.5 Å². The molecule has 1 saturated carbocycles. The highest BCUT2D eigenvalue weighted by atomic mass is 32.2. The summed E-state index contributed by atoms with van der Waals surface area (Å²) in [5.74, 6) is 1.95. The Kier molecular flexibility index (Phi) is 6.13. The van der Waals surface area contributed by atoms with Crippen LogP contribution in [0, 0.1) is 11.8 Å². The van der Waals surface area contributed by atoms with E-state index in [1.807, 2.05) is 0 Å². The topological polar surface area (TPSA) is 46.2 Å². The maximum atomic E-state index is 11.7. The largest absolute Gasteiger partial charge is 0.311 e. The lowest BCUT2D eigenvalue weighted by atomic mass is 9.85. The van der Waals surface area contributed by atoms with E-state index in [9.17, 15) is 8.42 Å². The summed E-state index contributed by atoms with van der Waals surface area (Å²) >= 11 is 0. The van der Waals surface area contributed by atoms with Gasteiger partial charge in [0.2, 0.25) is 0 Å². The van der Waals surface area contributed by atoms with Crippen LogP contribution in [-0.4, -0.2) is 32.0 Å². The highest BCUT2D eigenvalue weighted by Gasteiger charge is 2.28. The maximum Gasteiger partial charge on any atom is 0.150 e. The Hall–Kier alpha value is -0.0900. The van der Waals surface area contributed by atoms with Gasteiger partial charge in [-0.3, -0.25) is 0 Å². The number of rotatable bonds is 5. The SMILES string of the molecule is CC(C)(CC1CCCCCC1)NC[C@H]1CCCS(=O)(=O)C1. The molecule has 2 rings (SSSR count). The van der Waals surface area contributed by atoms with Crippen LogP contribution in [0.1, 0.15) is 71.6 Å². The van der Waals surface area contributed by atoms with E-state index in [-0.39, 0.29) is 5.54 Å². The Balaban J connectivity index is 1.77. The predicted molar refractivity (Wildman–Crippen MR) is 89.3 cm³/mol. The Morgan fingerprint density at radius 1 is 0.952 bits per heavy atom. The second-order valence-electron chi connectivity index (χ2n) is 7.95. The summed E-state index contributed by atoms with van der Waals surface area (Å²) in [6, 6.07) is 0. The summed E-state index contributed by atoms with van der Waals surface area (Å²) in [4.78, 5) is 0. The van der Waals surface area contributed by atoms with Crippen LogP contribution in [0.5, 0.6) is 0 Å². The van der Waals surface area contributed by atoms with Gasteiger partial charge in [0.15, 0.2) is 9.84 Å². The van der Waals surface area contributed by atoms with E-state index in [1.54, 1.807) is 0 Å². The molecule has 1 aliphatic carbocycles. The first-order chi connectivity index (χ1) is 9.86. The molecule has 1 atom stereocenters. The van der Waals surface area contributed by atoms with Crippen LogP contribution in [-0.2, 0) is 9.84 Å². The van der Waals surface area contributed by atoms with Crippen molar-refractivity contribution in [3.8, 4) is 0 Å². The van der Waals surface area contributed by atoms with Gasteiger partial charge in [0.1, 0.15) is 0 Å². The molecule has 0 aromatic rings. The van der Waals surface area contributed by atoms with E-state index in [0.717, 1.165) is 25.3 Å². The van der Waals surface area contributed by atoms with Crippen LogP contribution < -0.4 is 5.32 Å². The average molecular weight is 316 g/mol. The molecule has 4 heteroatoms. The second kappa shape index (κ2) is 7.45. The quantitative estimate of drug-likeness (QED) is 0.789. The van der Waals surface area contributed by atoms with Gasteiger partial charge < -0.3 is 5.32 Å². The molecule has 0 aromatic heterocycles. The van der Waals surface area contributed by atoms with Gasteiger partial charge in [0.25, 0.3) is 0 Å². The molecule has 1 N–H and O–H groups in total. The summed E-state index contributed by atoms with van der Waals surface area (Å²) in [5.41, 5.74) is 0.135. The lowest BCUT2D eigenvalue weighted by molar-refractivity contribution is 0.263. The van der Waals surface area contributed by atoms with Crippen LogP contribution in [0.4, 0.5) is 0 Å². The van der Waals surface area contributed by atoms with Crippen LogP contribution in [0.2, 0.25) is 0 Å². The van der Waals surface area contributed by atoms with Gasteiger partial charge in [-0.1, -0.05) is 38.5 Å². The van der Waals surface area contributed by atoms with E-state index >= 15 is 0 Å². The first-order valence-corrected chi connectivity index (χ1v) is 10.6. The van der Waals surface area contributed by atoms with E-state index in [4.69, 9.17) is 0 Å². The van der Waals surface area contributed by atoms with Crippen molar-refractivity contribution in [3.63, 3.8) is 0 Å². The van der Waals surface area contributed by atoms with E-state index < -0.39 is 9.84 Å². The van der Waals surface area contributed by atoms with E-state index in [0.29, 0.717) is 17.4 Å². The summed E-state index contributed by atoms with van der Waals surface area (Å²) in [5, 5.41) is 3.67. The third-order valence-electron chi connectivity index (χ3n) is 5.20. The normalized spacial score (nSPS) is 28.2. The lowest BCUT2D eigenvalue weighted by Gasteiger charge is -2.33. The van der Waals surface area contributed by atoms with Gasteiger partial charge >= 0.3 is 0 Å². The second-order valence-corrected chi connectivity index (χ2v) is 10.2. The molecule has 0 aromatic carbocycles. The first kappa shape index (κ1) is 17.3. The van der Waals surface area contributed by atoms with Crippen molar-refractivity contribution in [2.24, 2.45) is 11.8 Å². The average Bonchev–Trinajstić information content (AvgIpc) is 2.63. The van der Waals surface area contributed by atoms with Crippen molar-refractivity contribution >= 4 is 9.84 Å². The molecule has 21 heavy (non-hydrogen) atoms. The molecule has 1 saturated heterocycles. The van der Waals surface area contributed by atoms with Crippen LogP contribution in [0.25, 0.3) is 0 Å². The smallest absolute Gasteiger partial charge is 0.150 e. The van der Waals surface area contributed by atoms with Crippen molar-refractivity contribution in [1.82, 2.24) is 5.32 Å². The monoisotopic (exact) mass is 315 g/mol. The summed E-state index contributed by atoms with van der Waals surface area (Å²) < 4.78 is 23.4. The fourth-order valence-corrected chi connectivity index (χ4v) is 5.84. The fourth-order valence-electron chi connectivity index (χ4n) is 4.06. The minimum absolute atomic E-state index is 0.135. The van der Waals surface area contributed by atoms with Gasteiger partial charge in [-0.15, -0.1) is 0 Å². The van der Waals surface area contributed by atoms with Crippen molar-refractivity contribution in [2.45, 2.75) is 77.2 Å². The molecular formula is C17H33NO2S. The molecule has 1 heterocycles. The van der Waals surface area contributed by atoms with Crippen LogP contribution in [0.3, 0.4) is 0 Å². The minimum atomic E-state index is -2.77. The zero-order chi connectivity index (χ0) is 15.3. The van der Waals surface area contributed by atoms with E-state index in [1.165, 1.54) is 44.9 Å². The Bertz CT molecular complexity index is 409. The van der Waals surface area contributed by atoms with Crippen molar-refractivity contribution in [2.75, 3.05) is 18.1 Å². The molecule has 0 unspecified atom stereocenters. The maximum absolute atomic E-state index is 11.7. The van der Waals surface area contributed by atoms with Gasteiger partial charge in [-0.05, 0) is 51.5 Å². The molecule has 3 nitrogen and oxygen atoms in total. The molecule has 2 aliphatic rings. The first-order valence-electron chi connectivity index (χ1n) is 8.82. The van der Waals surface area contributed by atoms with Crippen molar-refractivity contribution in [1.29, 1.82) is 0 Å². The Morgan fingerprint density at radius 2 is 1.57 bits per heavy atom. The molecule has 0 bridgehead atoms. The molecule has 0 spiro atoms. The molecule has 0 amide bonds. The van der Waals surface area contributed by atoms with Crippen LogP contribution >= 0.6 is 0 Å². The van der Waals surface area contributed by atoms with Gasteiger partial charge in [-0.25, -0.2) is 8.42 Å². The molecule has 0 radical (unpaired) electrons. The Labute approximate surface area is 131 Å². The van der Waals surface area contributed by atoms with E-state index in [2.05, 4.69) is 19.2 Å². The fraction of sp³-hybridized carbons (Fsp3) is 1.00. The molecular weight excluding hydrogens is 282 g/mol. The number of nitrogens with one attached hydrogen (secondary N) is 1. The van der Waals surface area contributed by atoms with Gasteiger partial charge in [0, 0.05) is 5.54 Å². The Morgan fingerprint density at radius 3 is 2.19 bits per heavy atom. The third-order valence-corrected chi connectivity index (χ3v) is 7.09. The standard InChI is InChI=1S/C17H33NO2S/c1-17(2,12-15-8-5-3-4-6-9-15)18-13-16-10-7-11-21(19,20)14-16/h15-16,18H,3-14H2,1-2H3/t16-/m1/s1. The zero-order valence-electron chi connectivity index (χ0n) is 13.9. The third kappa shape index (κ3) is 6.27. The predicted octanol–water partition coefficient (Wildman–Crippen LogP) is 3.54. The summed E-state index contributed by atoms with van der Waals surface area (Å²) in [6.07, 6.45) is 11.5. The van der Waals surface area contributed by atoms with Crippen molar-refractivity contribution < 1.29 is 8.42 Å². The minimum Gasteiger partial charge on any atom is -0.311 e. The molecule has 124 valence electrons. The zero-order valence-corrected chi connectivity index (χ0v) is 14.7. The molecule has 1 aliphatic heterocycles. The summed E-state index contributed by atoms with van der Waals surface area (Å²) in [7, 11) is -2.77. The summed E-state index contributed by atoms with van der Waals surface area (Å²) in [6.45, 7) is 5.43. The van der Waals surface area contributed by atoms with Crippen molar-refractivity contribution in [3.05, 3.63) is 0 Å². The highest BCUT2D eigenvalue weighted by molar-refractivity contribution is 7.91. The number of sulfone groups is 1. The highest BCUT2D eigenvalue weighted by Crippen LogP contribution is 2.30.